The molecular weight excluding hydrogens is 288 g/mol. The number of ether oxygens (including phenoxy) is 3. The second-order valence-corrected chi connectivity index (χ2v) is 4.80. The van der Waals surface area contributed by atoms with Gasteiger partial charge in [0.05, 0.1) is 14.2 Å². The van der Waals surface area contributed by atoms with Crippen molar-refractivity contribution in [1.29, 1.82) is 0 Å². The van der Waals surface area contributed by atoms with Gasteiger partial charge in [0.2, 0.25) is 0 Å². The van der Waals surface area contributed by atoms with Crippen molar-refractivity contribution in [1.82, 2.24) is 9.80 Å². The summed E-state index contributed by atoms with van der Waals surface area (Å²) in [4.78, 5) is 26.7. The Morgan fingerprint density at radius 2 is 1.50 bits per heavy atom. The van der Waals surface area contributed by atoms with E-state index in [0.717, 1.165) is 5.75 Å². The summed E-state index contributed by atoms with van der Waals surface area (Å²) in [6.07, 6.45) is -0.360. The third-order valence-corrected chi connectivity index (χ3v) is 3.49. The topological polar surface area (TPSA) is 68.3 Å². The van der Waals surface area contributed by atoms with Crippen LogP contribution in [-0.2, 0) is 9.53 Å². The Kier molecular flexibility index (Phi) is 5.46. The summed E-state index contributed by atoms with van der Waals surface area (Å²) in [5.74, 6) is 1.25. The van der Waals surface area contributed by atoms with Crippen LogP contribution in [0.2, 0.25) is 0 Å². The van der Waals surface area contributed by atoms with Crippen molar-refractivity contribution in [3.8, 4) is 11.5 Å². The van der Waals surface area contributed by atoms with Crippen LogP contribution < -0.4 is 9.47 Å². The highest BCUT2D eigenvalue weighted by Crippen LogP contribution is 2.17. The van der Waals surface area contributed by atoms with Gasteiger partial charge in [-0.2, -0.15) is 0 Å². The van der Waals surface area contributed by atoms with Crippen LogP contribution in [0.15, 0.2) is 24.3 Å². The zero-order valence-electron chi connectivity index (χ0n) is 12.8. The lowest BCUT2D eigenvalue weighted by Gasteiger charge is -2.33. The Bertz CT molecular complexity index is 509. The zero-order valence-corrected chi connectivity index (χ0v) is 12.8. The summed E-state index contributed by atoms with van der Waals surface area (Å²) in [6.45, 7) is 1.90. The number of methoxy groups -OCH3 is 2. The van der Waals surface area contributed by atoms with Crippen molar-refractivity contribution >= 4 is 12.0 Å². The van der Waals surface area contributed by atoms with Crippen molar-refractivity contribution in [2.45, 2.75) is 0 Å². The summed E-state index contributed by atoms with van der Waals surface area (Å²) in [5, 5.41) is 0. The van der Waals surface area contributed by atoms with Crippen LogP contribution in [0.3, 0.4) is 0 Å². The molecule has 0 radical (unpaired) electrons. The van der Waals surface area contributed by atoms with E-state index in [1.807, 2.05) is 0 Å². The fourth-order valence-corrected chi connectivity index (χ4v) is 2.18. The molecule has 1 aliphatic rings. The number of carbonyl (C=O) groups is 2. The molecule has 1 aliphatic heterocycles. The average molecular weight is 308 g/mol. The van der Waals surface area contributed by atoms with E-state index in [1.54, 1.807) is 41.2 Å². The van der Waals surface area contributed by atoms with Crippen molar-refractivity contribution in [3.05, 3.63) is 24.3 Å². The molecule has 1 fully saturated rings. The predicted molar refractivity (Wildman–Crippen MR) is 79.0 cm³/mol. The molecule has 0 unspecified atom stereocenters. The smallest absolute Gasteiger partial charge is 0.409 e. The number of rotatable bonds is 4. The highest BCUT2D eigenvalue weighted by molar-refractivity contribution is 5.78. The maximum Gasteiger partial charge on any atom is 0.409 e. The number of benzene rings is 1. The number of hydrogen-bond donors (Lipinski definition) is 0. The van der Waals surface area contributed by atoms with Gasteiger partial charge >= 0.3 is 6.09 Å². The van der Waals surface area contributed by atoms with E-state index >= 15 is 0 Å². The van der Waals surface area contributed by atoms with Crippen LogP contribution in [0.25, 0.3) is 0 Å². The zero-order chi connectivity index (χ0) is 15.9. The van der Waals surface area contributed by atoms with Crippen LogP contribution in [0.5, 0.6) is 11.5 Å². The first-order valence-corrected chi connectivity index (χ1v) is 7.01. The molecule has 0 saturated carbocycles. The third-order valence-electron chi connectivity index (χ3n) is 3.49. The minimum atomic E-state index is -0.360. The normalized spacial score (nSPS) is 14.5. The molecule has 0 bridgehead atoms. The molecule has 22 heavy (non-hydrogen) atoms. The summed E-state index contributed by atoms with van der Waals surface area (Å²) in [7, 11) is 2.94. The van der Waals surface area contributed by atoms with Crippen LogP contribution in [0.4, 0.5) is 4.79 Å². The molecule has 7 nitrogen and oxygen atoms in total. The summed E-state index contributed by atoms with van der Waals surface area (Å²) in [5.41, 5.74) is 0. The fourth-order valence-electron chi connectivity index (χ4n) is 2.18. The van der Waals surface area contributed by atoms with E-state index in [-0.39, 0.29) is 18.6 Å². The Hall–Kier alpha value is -2.44. The second-order valence-electron chi connectivity index (χ2n) is 4.80. The van der Waals surface area contributed by atoms with E-state index < -0.39 is 0 Å². The molecule has 1 heterocycles. The van der Waals surface area contributed by atoms with Crippen molar-refractivity contribution in [2.75, 3.05) is 47.0 Å². The minimum absolute atomic E-state index is 0.0233. The summed E-state index contributed by atoms with van der Waals surface area (Å²) >= 11 is 0. The largest absolute Gasteiger partial charge is 0.497 e. The van der Waals surface area contributed by atoms with Gasteiger partial charge in [-0.3, -0.25) is 4.79 Å². The van der Waals surface area contributed by atoms with E-state index in [9.17, 15) is 9.59 Å². The first-order valence-electron chi connectivity index (χ1n) is 7.01. The van der Waals surface area contributed by atoms with E-state index in [1.165, 1.54) is 7.11 Å². The van der Waals surface area contributed by atoms with Gasteiger partial charge in [0.25, 0.3) is 5.91 Å². The van der Waals surface area contributed by atoms with Crippen molar-refractivity contribution in [3.63, 3.8) is 0 Å². The van der Waals surface area contributed by atoms with Gasteiger partial charge in [-0.05, 0) is 24.3 Å². The van der Waals surface area contributed by atoms with Gasteiger partial charge < -0.3 is 24.0 Å². The van der Waals surface area contributed by atoms with Gasteiger partial charge in [0.15, 0.2) is 6.61 Å². The molecule has 1 aromatic carbocycles. The molecule has 120 valence electrons. The van der Waals surface area contributed by atoms with Crippen LogP contribution in [0, 0.1) is 0 Å². The quantitative estimate of drug-likeness (QED) is 0.829. The molecule has 0 spiro atoms. The Morgan fingerprint density at radius 1 is 0.955 bits per heavy atom. The predicted octanol–water partition coefficient (Wildman–Crippen LogP) is 0.985. The fraction of sp³-hybridized carbons (Fsp3) is 0.467. The van der Waals surface area contributed by atoms with Gasteiger partial charge in [-0.15, -0.1) is 0 Å². The molecule has 0 N–H and O–H groups in total. The summed E-state index contributed by atoms with van der Waals surface area (Å²) in [6, 6.07) is 7.05. The molecule has 2 rings (SSSR count). The molecule has 1 aromatic rings. The van der Waals surface area contributed by atoms with Gasteiger partial charge in [-0.25, -0.2) is 4.79 Å². The molecule has 0 aliphatic carbocycles. The van der Waals surface area contributed by atoms with E-state index in [2.05, 4.69) is 4.74 Å². The maximum absolute atomic E-state index is 12.1. The maximum atomic E-state index is 12.1. The lowest BCUT2D eigenvalue weighted by atomic mass is 10.3. The lowest BCUT2D eigenvalue weighted by Crippen LogP contribution is -2.51. The van der Waals surface area contributed by atoms with Crippen LogP contribution in [-0.4, -0.2) is 68.8 Å². The number of amides is 2. The highest BCUT2D eigenvalue weighted by Gasteiger charge is 2.24. The number of carbonyl (C=O) groups excluding carboxylic acids is 2. The Balaban J connectivity index is 1.77. The number of hydrogen-bond acceptors (Lipinski definition) is 5. The SMILES string of the molecule is COC(=O)N1CCN(C(=O)COc2ccc(OC)cc2)CC1. The molecular formula is C15H20N2O5. The highest BCUT2D eigenvalue weighted by atomic mass is 16.5. The lowest BCUT2D eigenvalue weighted by molar-refractivity contribution is -0.134. The standard InChI is InChI=1S/C15H20N2O5/c1-20-12-3-5-13(6-4-12)22-11-14(18)16-7-9-17(10-8-16)15(19)21-2/h3-6H,7-11H2,1-2H3. The Morgan fingerprint density at radius 3 is 2.05 bits per heavy atom. The second kappa shape index (κ2) is 7.53. The minimum Gasteiger partial charge on any atom is -0.497 e. The van der Waals surface area contributed by atoms with Crippen LogP contribution in [0.1, 0.15) is 0 Å². The van der Waals surface area contributed by atoms with Crippen LogP contribution >= 0.6 is 0 Å². The molecule has 1 saturated heterocycles. The van der Waals surface area contributed by atoms with E-state index in [0.29, 0.717) is 31.9 Å². The van der Waals surface area contributed by atoms with Gasteiger partial charge in [-0.1, -0.05) is 0 Å². The van der Waals surface area contributed by atoms with Crippen molar-refractivity contribution in [2.24, 2.45) is 0 Å². The molecule has 2 amide bonds. The first-order chi connectivity index (χ1) is 10.6. The number of piperazine rings is 1. The monoisotopic (exact) mass is 308 g/mol. The van der Waals surface area contributed by atoms with E-state index in [4.69, 9.17) is 9.47 Å². The Labute approximate surface area is 129 Å². The average Bonchev–Trinajstić information content (AvgIpc) is 2.59. The van der Waals surface area contributed by atoms with Gasteiger partial charge in [0, 0.05) is 26.2 Å². The molecule has 7 heteroatoms. The first kappa shape index (κ1) is 15.9. The molecule has 0 atom stereocenters. The molecule has 0 aromatic heterocycles. The third kappa shape index (κ3) is 4.03. The summed E-state index contributed by atoms with van der Waals surface area (Å²) < 4.78 is 15.2. The van der Waals surface area contributed by atoms with Gasteiger partial charge in [0.1, 0.15) is 11.5 Å². The van der Waals surface area contributed by atoms with Crippen molar-refractivity contribution < 1.29 is 23.8 Å². The number of nitrogens with zero attached hydrogens (tertiary/aromatic N) is 2.